The van der Waals surface area contributed by atoms with E-state index < -0.39 is 0 Å². The molecule has 4 heteroatoms. The van der Waals surface area contributed by atoms with Gasteiger partial charge in [0.2, 0.25) is 0 Å². The third-order valence-electron chi connectivity index (χ3n) is 4.65. The Kier molecular flexibility index (Phi) is 3.78. The Morgan fingerprint density at radius 2 is 2.00 bits per heavy atom. The van der Waals surface area contributed by atoms with Crippen molar-refractivity contribution in [2.45, 2.75) is 45.2 Å². The molecule has 18 heavy (non-hydrogen) atoms. The molecule has 1 heterocycles. The molecule has 0 radical (unpaired) electrons. The Morgan fingerprint density at radius 1 is 1.33 bits per heavy atom. The molecule has 0 bridgehead atoms. The normalized spacial score (nSPS) is 18.1. The van der Waals surface area contributed by atoms with E-state index in [0.717, 1.165) is 18.8 Å². The molecule has 1 aliphatic carbocycles. The van der Waals surface area contributed by atoms with Crippen molar-refractivity contribution in [3.8, 4) is 0 Å². The summed E-state index contributed by atoms with van der Waals surface area (Å²) in [4.78, 5) is 2.38. The van der Waals surface area contributed by atoms with Crippen molar-refractivity contribution in [2.24, 2.45) is 7.05 Å². The maximum Gasteiger partial charge on any atom is 0.0641 e. The fraction of sp³-hybridized carbons (Fsp3) is 0.786. The molecule has 0 spiro atoms. The predicted molar refractivity (Wildman–Crippen MR) is 74.7 cm³/mol. The van der Waals surface area contributed by atoms with Crippen molar-refractivity contribution >= 4 is 0 Å². The van der Waals surface area contributed by atoms with Gasteiger partial charge in [0.1, 0.15) is 0 Å². The van der Waals surface area contributed by atoms with E-state index in [9.17, 15) is 0 Å². The van der Waals surface area contributed by atoms with E-state index in [1.165, 1.54) is 30.5 Å². The lowest BCUT2D eigenvalue weighted by molar-refractivity contribution is 0.0598. The second-order valence-electron chi connectivity index (χ2n) is 5.85. The van der Waals surface area contributed by atoms with Gasteiger partial charge in [-0.3, -0.25) is 4.68 Å². The summed E-state index contributed by atoms with van der Waals surface area (Å²) >= 11 is 0. The molecule has 102 valence electrons. The minimum absolute atomic E-state index is 0.393. The molecule has 1 N–H and O–H groups in total. The number of aryl methyl sites for hydroxylation is 2. The van der Waals surface area contributed by atoms with Gasteiger partial charge in [-0.05, 0) is 47.2 Å². The summed E-state index contributed by atoms with van der Waals surface area (Å²) in [5.41, 5.74) is 4.16. The summed E-state index contributed by atoms with van der Waals surface area (Å²) in [5, 5.41) is 8.09. The highest BCUT2D eigenvalue weighted by Gasteiger charge is 2.38. The van der Waals surface area contributed by atoms with Crippen LogP contribution in [0.5, 0.6) is 0 Å². The van der Waals surface area contributed by atoms with Gasteiger partial charge < -0.3 is 10.2 Å². The number of hydrogen-bond acceptors (Lipinski definition) is 3. The number of likely N-dealkylation sites (N-methyl/N-ethyl adjacent to an activating group) is 1. The van der Waals surface area contributed by atoms with Gasteiger partial charge in [-0.25, -0.2) is 0 Å². The van der Waals surface area contributed by atoms with E-state index in [1.54, 1.807) is 0 Å². The maximum atomic E-state index is 4.46. The highest BCUT2D eigenvalue weighted by Crippen LogP contribution is 2.35. The first-order valence-electron chi connectivity index (χ1n) is 6.83. The molecular weight excluding hydrogens is 224 g/mol. The maximum absolute atomic E-state index is 4.46. The first kappa shape index (κ1) is 13.6. The van der Waals surface area contributed by atoms with Crippen LogP contribution in [0.15, 0.2) is 0 Å². The molecule has 1 saturated carbocycles. The highest BCUT2D eigenvalue weighted by atomic mass is 15.3. The number of rotatable bonds is 5. The van der Waals surface area contributed by atoms with E-state index in [0.29, 0.717) is 5.54 Å². The molecule has 1 fully saturated rings. The third-order valence-corrected chi connectivity index (χ3v) is 4.65. The summed E-state index contributed by atoms with van der Waals surface area (Å²) in [6.45, 7) is 6.24. The molecule has 0 unspecified atom stereocenters. The average molecular weight is 250 g/mol. The van der Waals surface area contributed by atoms with Crippen molar-refractivity contribution in [1.29, 1.82) is 0 Å². The van der Waals surface area contributed by atoms with Crippen molar-refractivity contribution in [3.05, 3.63) is 17.0 Å². The van der Waals surface area contributed by atoms with Crippen LogP contribution in [0.1, 0.15) is 36.2 Å². The Labute approximate surface area is 110 Å². The molecule has 1 aliphatic rings. The van der Waals surface area contributed by atoms with Crippen LogP contribution in [-0.2, 0) is 13.6 Å². The highest BCUT2D eigenvalue weighted by molar-refractivity contribution is 5.24. The smallest absolute Gasteiger partial charge is 0.0641 e. The molecule has 1 aromatic heterocycles. The van der Waals surface area contributed by atoms with Crippen LogP contribution in [0.2, 0.25) is 0 Å². The van der Waals surface area contributed by atoms with Gasteiger partial charge in [-0.15, -0.1) is 0 Å². The Hall–Kier alpha value is -0.870. The summed E-state index contributed by atoms with van der Waals surface area (Å²) in [7, 11) is 6.40. The summed E-state index contributed by atoms with van der Waals surface area (Å²) < 4.78 is 1.97. The minimum Gasteiger partial charge on any atom is -0.311 e. The zero-order valence-electron chi connectivity index (χ0n) is 12.4. The van der Waals surface area contributed by atoms with Gasteiger partial charge in [-0.2, -0.15) is 5.10 Å². The molecule has 0 saturated heterocycles. The summed E-state index contributed by atoms with van der Waals surface area (Å²) in [6.07, 6.45) is 4.00. The molecule has 0 amide bonds. The fourth-order valence-electron chi connectivity index (χ4n) is 2.86. The van der Waals surface area contributed by atoms with Gasteiger partial charge >= 0.3 is 0 Å². The van der Waals surface area contributed by atoms with E-state index in [2.05, 4.69) is 43.3 Å². The van der Waals surface area contributed by atoms with Crippen molar-refractivity contribution < 1.29 is 0 Å². The van der Waals surface area contributed by atoms with Crippen LogP contribution in [0.3, 0.4) is 0 Å². The van der Waals surface area contributed by atoms with Crippen LogP contribution in [0, 0.1) is 13.8 Å². The lowest BCUT2D eigenvalue weighted by atomic mass is 9.75. The van der Waals surface area contributed by atoms with Crippen molar-refractivity contribution in [3.63, 3.8) is 0 Å². The van der Waals surface area contributed by atoms with Crippen LogP contribution in [-0.4, -0.2) is 40.9 Å². The summed E-state index contributed by atoms with van der Waals surface area (Å²) in [5.74, 6) is 0. The van der Waals surface area contributed by atoms with Crippen LogP contribution < -0.4 is 5.32 Å². The molecule has 0 aromatic carbocycles. The fourth-order valence-corrected chi connectivity index (χ4v) is 2.86. The van der Waals surface area contributed by atoms with Crippen molar-refractivity contribution in [1.82, 2.24) is 20.0 Å². The van der Waals surface area contributed by atoms with Gasteiger partial charge in [0.25, 0.3) is 0 Å². The third kappa shape index (κ3) is 2.31. The molecule has 0 aliphatic heterocycles. The second-order valence-corrected chi connectivity index (χ2v) is 5.85. The molecule has 1 aromatic rings. The molecule has 4 nitrogen and oxygen atoms in total. The van der Waals surface area contributed by atoms with E-state index in [-0.39, 0.29) is 0 Å². The van der Waals surface area contributed by atoms with Gasteiger partial charge in [0.15, 0.2) is 0 Å². The minimum atomic E-state index is 0.393. The lowest BCUT2D eigenvalue weighted by Gasteiger charge is -2.47. The Morgan fingerprint density at radius 3 is 2.39 bits per heavy atom. The predicted octanol–water partition coefficient (Wildman–Crippen LogP) is 1.61. The van der Waals surface area contributed by atoms with E-state index in [4.69, 9.17) is 0 Å². The monoisotopic (exact) mass is 250 g/mol. The summed E-state index contributed by atoms with van der Waals surface area (Å²) in [6, 6.07) is 0. The second kappa shape index (κ2) is 5.02. The zero-order valence-corrected chi connectivity index (χ0v) is 12.4. The largest absolute Gasteiger partial charge is 0.311 e. The SMILES string of the molecule is Cc1nn(C)c(C)c1CNCC1(N(C)C)CCC1. The number of nitrogens with one attached hydrogen (secondary N) is 1. The van der Waals surface area contributed by atoms with Crippen LogP contribution in [0.4, 0.5) is 0 Å². The first-order chi connectivity index (χ1) is 8.46. The Balaban J connectivity index is 1.92. The molecule has 2 rings (SSSR count). The zero-order chi connectivity index (χ0) is 13.3. The van der Waals surface area contributed by atoms with Crippen LogP contribution >= 0.6 is 0 Å². The number of nitrogens with zero attached hydrogens (tertiary/aromatic N) is 3. The first-order valence-corrected chi connectivity index (χ1v) is 6.83. The number of hydrogen-bond donors (Lipinski definition) is 1. The van der Waals surface area contributed by atoms with E-state index >= 15 is 0 Å². The van der Waals surface area contributed by atoms with Crippen molar-refractivity contribution in [2.75, 3.05) is 20.6 Å². The number of aromatic nitrogens is 2. The topological polar surface area (TPSA) is 33.1 Å². The molecule has 0 atom stereocenters. The van der Waals surface area contributed by atoms with E-state index in [1.807, 2.05) is 11.7 Å². The average Bonchev–Trinajstić information content (AvgIpc) is 2.47. The standard InChI is InChI=1S/C14H26N4/c1-11-13(12(2)18(5)16-11)9-15-10-14(17(3)4)7-6-8-14/h15H,6-10H2,1-5H3. The molecular formula is C14H26N4. The van der Waals surface area contributed by atoms with Gasteiger partial charge in [0.05, 0.1) is 5.69 Å². The quantitative estimate of drug-likeness (QED) is 0.862. The lowest BCUT2D eigenvalue weighted by Crippen LogP contribution is -2.56. The van der Waals surface area contributed by atoms with Crippen LogP contribution in [0.25, 0.3) is 0 Å². The van der Waals surface area contributed by atoms with Gasteiger partial charge in [0, 0.05) is 36.9 Å². The van der Waals surface area contributed by atoms with Gasteiger partial charge in [-0.1, -0.05) is 0 Å². The Bertz CT molecular complexity index is 416.